The third-order valence-corrected chi connectivity index (χ3v) is 18.8. The smallest absolute Gasteiger partial charge is 0.0159 e. The van der Waals surface area contributed by atoms with E-state index in [1.165, 1.54) is 196 Å². The zero-order chi connectivity index (χ0) is 53.3. The van der Waals surface area contributed by atoms with Crippen LogP contribution in [0.5, 0.6) is 0 Å². The van der Waals surface area contributed by atoms with Gasteiger partial charge in [0, 0.05) is 5.41 Å². The minimum absolute atomic E-state index is 0.0758. The fraction of sp³-hybridized carbons (Fsp3) is 0.114. The normalized spacial score (nSPS) is 13.2. The first-order valence-electron chi connectivity index (χ1n) is 28.2. The van der Waals surface area contributed by atoms with Crippen LogP contribution in [0.15, 0.2) is 206 Å². The molecule has 0 nitrogen and oxygen atoms in total. The summed E-state index contributed by atoms with van der Waals surface area (Å²) in [6.45, 7) is 18.4. The molecule has 3 aliphatic carbocycles. The first kappa shape index (κ1) is 46.0. The fourth-order valence-corrected chi connectivity index (χ4v) is 15.1. The van der Waals surface area contributed by atoms with E-state index in [0.29, 0.717) is 0 Å². The van der Waals surface area contributed by atoms with Gasteiger partial charge in [-0.25, -0.2) is 0 Å². The fourth-order valence-electron chi connectivity index (χ4n) is 15.1. The lowest BCUT2D eigenvalue weighted by molar-refractivity contribution is 0.660. The Morgan fingerprint density at radius 1 is 0.266 bits per heavy atom. The monoisotopic (exact) mass is 1010 g/mol. The number of benzene rings is 13. The molecule has 0 amide bonds. The molecule has 0 heterocycles. The molecule has 0 N–H and O–H groups in total. The molecule has 374 valence electrons. The molecule has 0 fully saturated rings. The SMILES string of the molecule is Cc1ccc(-c2c3c(c(-c4ccc(C)cc4)c4cc5cc(-c6ccc7c(c6)C(C)(C)c6ccccc6-7)ccc5cc24)=c2ccc4c5c(ccc=3c25)=c2c(-c3c(C)cccc3C)c3ccccc3c(-c3c(C)cccc3C)c2=4)cc1. The van der Waals surface area contributed by atoms with Gasteiger partial charge >= 0.3 is 0 Å². The molecule has 79 heavy (non-hydrogen) atoms. The molecule has 13 aromatic rings. The van der Waals surface area contributed by atoms with E-state index in [0.717, 1.165) is 0 Å². The van der Waals surface area contributed by atoms with E-state index >= 15 is 0 Å². The summed E-state index contributed by atoms with van der Waals surface area (Å²) in [6, 6.07) is 79.8. The van der Waals surface area contributed by atoms with Gasteiger partial charge < -0.3 is 0 Å². The lowest BCUT2D eigenvalue weighted by Gasteiger charge is -2.22. The van der Waals surface area contributed by atoms with Gasteiger partial charge in [0.15, 0.2) is 0 Å². The number of fused-ring (bicyclic) bond motifs is 8. The van der Waals surface area contributed by atoms with Gasteiger partial charge in [0.25, 0.3) is 0 Å². The highest BCUT2D eigenvalue weighted by Crippen LogP contribution is 2.51. The van der Waals surface area contributed by atoms with E-state index in [-0.39, 0.29) is 5.41 Å². The van der Waals surface area contributed by atoms with Crippen LogP contribution in [0.4, 0.5) is 0 Å². The largest absolute Gasteiger partial charge is 0.0619 e. The van der Waals surface area contributed by atoms with Gasteiger partial charge in [0.1, 0.15) is 0 Å². The van der Waals surface area contributed by atoms with Crippen LogP contribution in [0.2, 0.25) is 0 Å². The first-order valence-corrected chi connectivity index (χ1v) is 28.2. The summed E-state index contributed by atoms with van der Waals surface area (Å²) in [5.74, 6) is 0. The average molecular weight is 1010 g/mol. The highest BCUT2D eigenvalue weighted by molar-refractivity contribution is 6.13. The highest BCUT2D eigenvalue weighted by atomic mass is 14.4. The molecule has 0 saturated carbocycles. The second kappa shape index (κ2) is 16.5. The minimum Gasteiger partial charge on any atom is -0.0619 e. The third kappa shape index (κ3) is 6.32. The molecular formula is C79H58. The zero-order valence-corrected chi connectivity index (χ0v) is 46.1. The van der Waals surface area contributed by atoms with Crippen LogP contribution < -0.4 is 0 Å². The summed E-state index contributed by atoms with van der Waals surface area (Å²) >= 11 is 0. The number of rotatable bonds is 5. The van der Waals surface area contributed by atoms with Crippen molar-refractivity contribution in [3.05, 3.63) is 293 Å². The van der Waals surface area contributed by atoms with Gasteiger partial charge in [-0.2, -0.15) is 0 Å². The maximum Gasteiger partial charge on any atom is 0.0159 e. The van der Waals surface area contributed by atoms with Crippen molar-refractivity contribution >= 4 is 43.1 Å². The molecule has 0 radical (unpaired) electrons. The highest BCUT2D eigenvalue weighted by Gasteiger charge is 2.35. The van der Waals surface area contributed by atoms with Gasteiger partial charge in [-0.15, -0.1) is 0 Å². The Labute approximate surface area is 460 Å². The quantitative estimate of drug-likeness (QED) is 0.151. The molecule has 0 unspecified atom stereocenters. The molecule has 0 spiro atoms. The second-order valence-corrected chi connectivity index (χ2v) is 23.8. The van der Waals surface area contributed by atoms with Crippen LogP contribution in [0.1, 0.15) is 58.4 Å². The lowest BCUT2D eigenvalue weighted by Crippen LogP contribution is -2.14. The van der Waals surface area contributed by atoms with E-state index in [9.17, 15) is 0 Å². The van der Waals surface area contributed by atoms with E-state index in [1.54, 1.807) is 0 Å². The predicted octanol–water partition coefficient (Wildman–Crippen LogP) is 20.6. The van der Waals surface area contributed by atoms with Gasteiger partial charge in [-0.05, 0) is 251 Å². The standard InChI is InChI=1S/C79H58/c1-43-23-27-49(28-24-43)69-63-40-52-32-31-51(53-33-34-56-55-19-11-12-22-65(55)79(7,8)66(56)42-53)39-54(52)41-64(63)70(50-29-25-44(2)26-30-50)76-60-36-38-62-72-61(37-35-59(71(60)72)75(69)76)77-73(67-45(3)15-13-16-46(67)4)57-20-9-10-21-58(57)74(78(62)77)68-47(5)17-14-18-48(68)6/h9-42H,1-8H3. The van der Waals surface area contributed by atoms with Gasteiger partial charge in [-0.1, -0.05) is 207 Å². The summed E-state index contributed by atoms with van der Waals surface area (Å²) in [7, 11) is 0. The Kier molecular flexibility index (Phi) is 9.59. The number of hydrogen-bond acceptors (Lipinski definition) is 0. The van der Waals surface area contributed by atoms with E-state index in [4.69, 9.17) is 0 Å². The second-order valence-electron chi connectivity index (χ2n) is 23.8. The van der Waals surface area contributed by atoms with Gasteiger partial charge in [0.2, 0.25) is 0 Å². The molecule has 0 aromatic heterocycles. The van der Waals surface area contributed by atoms with E-state index < -0.39 is 0 Å². The minimum atomic E-state index is -0.0758. The van der Waals surface area contributed by atoms with Crippen LogP contribution in [-0.2, 0) is 5.41 Å². The Balaban J connectivity index is 1.10. The lowest BCUT2D eigenvalue weighted by atomic mass is 9.81. The maximum atomic E-state index is 2.53. The predicted molar refractivity (Wildman–Crippen MR) is 333 cm³/mol. The van der Waals surface area contributed by atoms with Crippen LogP contribution >= 0.6 is 0 Å². The topological polar surface area (TPSA) is 0 Å². The van der Waals surface area contributed by atoms with Crippen molar-refractivity contribution in [1.82, 2.24) is 0 Å². The Morgan fingerprint density at radius 3 is 1.18 bits per heavy atom. The molecule has 0 heteroatoms. The molecule has 16 rings (SSSR count). The molecule has 0 saturated heterocycles. The Bertz CT molecular complexity index is 5210. The number of hydrogen-bond donors (Lipinski definition) is 0. The van der Waals surface area contributed by atoms with Crippen molar-refractivity contribution in [1.29, 1.82) is 0 Å². The van der Waals surface area contributed by atoms with Crippen LogP contribution in [0.3, 0.4) is 0 Å². The van der Waals surface area contributed by atoms with E-state index in [2.05, 4.69) is 262 Å². The van der Waals surface area contributed by atoms with E-state index in [1.807, 2.05) is 0 Å². The third-order valence-electron chi connectivity index (χ3n) is 18.8. The summed E-state index contributed by atoms with van der Waals surface area (Å²) in [5.41, 5.74) is 26.1. The summed E-state index contributed by atoms with van der Waals surface area (Å²) < 4.78 is 0. The van der Waals surface area contributed by atoms with Crippen LogP contribution in [0, 0.1) is 83.3 Å². The zero-order valence-electron chi connectivity index (χ0n) is 46.1. The van der Waals surface area contributed by atoms with Crippen molar-refractivity contribution < 1.29 is 0 Å². The summed E-state index contributed by atoms with van der Waals surface area (Å²) in [6.07, 6.45) is 0. The molecule has 0 aliphatic heterocycles. The summed E-state index contributed by atoms with van der Waals surface area (Å²) in [5, 5.41) is 21.0. The van der Waals surface area contributed by atoms with Gasteiger partial charge in [-0.3, -0.25) is 0 Å². The maximum absolute atomic E-state index is 2.53. The van der Waals surface area contributed by atoms with Crippen LogP contribution in [-0.4, -0.2) is 0 Å². The first-order chi connectivity index (χ1) is 38.4. The summed E-state index contributed by atoms with van der Waals surface area (Å²) in [4.78, 5) is 0. The molecular weight excluding hydrogens is 949 g/mol. The van der Waals surface area contributed by atoms with Crippen molar-refractivity contribution in [2.24, 2.45) is 0 Å². The van der Waals surface area contributed by atoms with Crippen LogP contribution in [0.25, 0.3) is 110 Å². The Hall–Kier alpha value is -9.10. The molecule has 13 aromatic carbocycles. The molecule has 0 bridgehead atoms. The molecule has 3 aliphatic rings. The van der Waals surface area contributed by atoms with Crippen molar-refractivity contribution in [3.63, 3.8) is 0 Å². The average Bonchev–Trinajstić information content (AvgIpc) is 2.96. The van der Waals surface area contributed by atoms with Crippen molar-refractivity contribution in [2.45, 2.75) is 60.8 Å². The van der Waals surface area contributed by atoms with Gasteiger partial charge in [0.05, 0.1) is 0 Å². The number of aryl methyl sites for hydroxylation is 6. The Morgan fingerprint density at radius 2 is 0.671 bits per heavy atom. The molecule has 0 atom stereocenters. The van der Waals surface area contributed by atoms with Crippen molar-refractivity contribution in [3.8, 4) is 66.8 Å². The van der Waals surface area contributed by atoms with Crippen molar-refractivity contribution in [2.75, 3.05) is 0 Å².